The fourth-order valence-electron chi connectivity index (χ4n) is 8.80. The van der Waals surface area contributed by atoms with Gasteiger partial charge in [-0.25, -0.2) is 0 Å². The molecule has 0 aromatic rings. The zero-order valence-corrected chi connectivity index (χ0v) is 18.5. The van der Waals surface area contributed by atoms with Gasteiger partial charge in [-0.1, -0.05) is 45.4 Å². The van der Waals surface area contributed by atoms with Crippen molar-refractivity contribution in [3.05, 3.63) is 24.3 Å². The molecular weight excluding hydrogens is 344 g/mol. The number of hydrogen-bond donors (Lipinski definition) is 0. The summed E-state index contributed by atoms with van der Waals surface area (Å²) in [6.07, 6.45) is 14.1. The van der Waals surface area contributed by atoms with Gasteiger partial charge in [-0.3, -0.25) is 0 Å². The Kier molecular flexibility index (Phi) is 4.46. The van der Waals surface area contributed by atoms with E-state index in [-0.39, 0.29) is 5.79 Å². The third-order valence-corrected chi connectivity index (χ3v) is 10.2. The van der Waals surface area contributed by atoms with Crippen molar-refractivity contribution in [1.82, 2.24) is 0 Å². The molecule has 2 nitrogen and oxygen atoms in total. The highest BCUT2D eigenvalue weighted by molar-refractivity contribution is 5.26. The van der Waals surface area contributed by atoms with Crippen LogP contribution in [0.3, 0.4) is 0 Å². The van der Waals surface area contributed by atoms with E-state index in [4.69, 9.17) is 9.47 Å². The highest BCUT2D eigenvalue weighted by Crippen LogP contribution is 2.70. The molecule has 156 valence electrons. The zero-order chi connectivity index (χ0) is 19.7. The second kappa shape index (κ2) is 6.45. The first-order chi connectivity index (χ1) is 13.3. The van der Waals surface area contributed by atoms with Crippen LogP contribution in [-0.4, -0.2) is 19.0 Å². The quantitative estimate of drug-likeness (QED) is 0.515. The molecule has 1 spiro atoms. The lowest BCUT2D eigenvalue weighted by Gasteiger charge is -2.58. The van der Waals surface area contributed by atoms with Gasteiger partial charge in [0, 0.05) is 12.3 Å². The average Bonchev–Trinajstić information content (AvgIpc) is 3.23. The predicted octanol–water partition coefficient (Wildman–Crippen LogP) is 6.38. The van der Waals surface area contributed by atoms with E-state index in [1.165, 1.54) is 38.5 Å². The smallest absolute Gasteiger partial charge is 0.172 e. The summed E-state index contributed by atoms with van der Waals surface area (Å²) >= 11 is 0. The summed E-state index contributed by atoms with van der Waals surface area (Å²) in [6.45, 7) is 15.7. The number of ether oxygens (including phenoxy) is 2. The third kappa shape index (κ3) is 2.46. The minimum atomic E-state index is -0.353. The Balaban J connectivity index is 1.53. The molecule has 0 bridgehead atoms. The molecule has 4 aliphatic carbocycles. The summed E-state index contributed by atoms with van der Waals surface area (Å²) in [5.74, 6) is 3.76. The normalized spacial score (nSPS) is 50.4. The van der Waals surface area contributed by atoms with Gasteiger partial charge in [0.15, 0.2) is 5.79 Å². The van der Waals surface area contributed by atoms with Crippen molar-refractivity contribution in [2.24, 2.45) is 46.3 Å². The molecule has 0 aromatic heterocycles. The van der Waals surface area contributed by atoms with Crippen LogP contribution in [-0.2, 0) is 9.47 Å². The van der Waals surface area contributed by atoms with E-state index in [1.54, 1.807) is 5.57 Å². The molecular formula is C26H40O2. The zero-order valence-electron chi connectivity index (χ0n) is 18.5. The van der Waals surface area contributed by atoms with Crippen molar-refractivity contribution in [3.63, 3.8) is 0 Å². The maximum Gasteiger partial charge on any atom is 0.172 e. The molecule has 2 heteroatoms. The van der Waals surface area contributed by atoms with Crippen LogP contribution < -0.4 is 0 Å². The Morgan fingerprint density at radius 1 is 1.14 bits per heavy atom. The number of rotatable bonds is 2. The molecule has 8 atom stereocenters. The van der Waals surface area contributed by atoms with Crippen LogP contribution in [0.25, 0.3) is 0 Å². The summed E-state index contributed by atoms with van der Waals surface area (Å²) < 4.78 is 12.9. The van der Waals surface area contributed by atoms with Gasteiger partial charge in [0.2, 0.25) is 0 Å². The van der Waals surface area contributed by atoms with Gasteiger partial charge in [-0.05, 0) is 78.9 Å². The van der Waals surface area contributed by atoms with Crippen molar-refractivity contribution < 1.29 is 9.47 Å². The van der Waals surface area contributed by atoms with E-state index in [2.05, 4.69) is 46.4 Å². The predicted molar refractivity (Wildman–Crippen MR) is 114 cm³/mol. The molecule has 0 radical (unpaired) electrons. The maximum atomic E-state index is 6.43. The molecule has 5 aliphatic rings. The molecule has 5 rings (SSSR count). The molecule has 1 heterocycles. The van der Waals surface area contributed by atoms with E-state index >= 15 is 0 Å². The Labute approximate surface area is 172 Å². The highest BCUT2D eigenvalue weighted by atomic mass is 16.7. The molecule has 4 fully saturated rings. The van der Waals surface area contributed by atoms with Gasteiger partial charge >= 0.3 is 0 Å². The molecule has 3 unspecified atom stereocenters. The first kappa shape index (κ1) is 19.4. The molecule has 0 N–H and O–H groups in total. The summed E-state index contributed by atoms with van der Waals surface area (Å²) in [6, 6.07) is 0. The van der Waals surface area contributed by atoms with E-state index in [1.807, 2.05) is 0 Å². The van der Waals surface area contributed by atoms with Gasteiger partial charge in [0.05, 0.1) is 13.2 Å². The van der Waals surface area contributed by atoms with Crippen LogP contribution in [0.2, 0.25) is 0 Å². The van der Waals surface area contributed by atoms with Crippen LogP contribution in [0.4, 0.5) is 0 Å². The van der Waals surface area contributed by atoms with Gasteiger partial charge in [0.25, 0.3) is 0 Å². The minimum absolute atomic E-state index is 0.308. The fraction of sp³-hybridized carbons (Fsp3) is 0.846. The van der Waals surface area contributed by atoms with Crippen molar-refractivity contribution in [1.29, 1.82) is 0 Å². The number of allylic oxidation sites excluding steroid dienone is 3. The van der Waals surface area contributed by atoms with Gasteiger partial charge in [-0.15, -0.1) is 6.58 Å². The van der Waals surface area contributed by atoms with Crippen LogP contribution in [0.5, 0.6) is 0 Å². The summed E-state index contributed by atoms with van der Waals surface area (Å²) in [4.78, 5) is 0. The van der Waals surface area contributed by atoms with Crippen molar-refractivity contribution in [2.75, 3.05) is 13.2 Å². The topological polar surface area (TPSA) is 18.5 Å². The first-order valence-corrected chi connectivity index (χ1v) is 11.9. The molecule has 1 saturated heterocycles. The standard InChI is InChI=1S/C26H40O2/c1-6-18(3)23-25(5)12-10-21-20(22(25)16-26(23)27-13-14-28-26)8-7-19-15-17(2)9-11-24(19,21)4/h6-7,17-18,20-23H,1,8-16H2,2-5H3/t17-,18+,20?,21?,22?,23+,24-,25-/m0/s1. The third-order valence-electron chi connectivity index (χ3n) is 10.2. The van der Waals surface area contributed by atoms with Gasteiger partial charge in [0.1, 0.15) is 0 Å². The van der Waals surface area contributed by atoms with Crippen molar-refractivity contribution in [2.45, 2.75) is 78.4 Å². The van der Waals surface area contributed by atoms with Gasteiger partial charge < -0.3 is 9.47 Å². The van der Waals surface area contributed by atoms with Gasteiger partial charge in [-0.2, -0.15) is 0 Å². The van der Waals surface area contributed by atoms with Crippen LogP contribution in [0.1, 0.15) is 72.6 Å². The Bertz CT molecular complexity index is 674. The van der Waals surface area contributed by atoms with Crippen LogP contribution in [0, 0.1) is 46.3 Å². The number of hydrogen-bond acceptors (Lipinski definition) is 2. The lowest BCUT2D eigenvalue weighted by molar-refractivity contribution is -0.201. The molecule has 28 heavy (non-hydrogen) atoms. The SMILES string of the molecule is C=C[C@@H](C)[C@H]1C2(CC3C4CC=C5C[C@@H](C)CC[C@]5(C)C4CC[C@@]31C)OCCO2. The van der Waals surface area contributed by atoms with E-state index in [9.17, 15) is 0 Å². The summed E-state index contributed by atoms with van der Waals surface area (Å²) in [5, 5.41) is 0. The Morgan fingerprint density at radius 2 is 1.89 bits per heavy atom. The molecule has 0 amide bonds. The highest BCUT2D eigenvalue weighted by Gasteiger charge is 2.68. The van der Waals surface area contributed by atoms with E-state index < -0.39 is 0 Å². The molecule has 3 saturated carbocycles. The maximum absolute atomic E-state index is 6.43. The second-order valence-corrected chi connectivity index (χ2v) is 11.4. The minimum Gasteiger partial charge on any atom is -0.347 e. The van der Waals surface area contributed by atoms with E-state index in [0.717, 1.165) is 37.4 Å². The van der Waals surface area contributed by atoms with E-state index in [0.29, 0.717) is 28.6 Å². The Morgan fingerprint density at radius 3 is 2.61 bits per heavy atom. The second-order valence-electron chi connectivity index (χ2n) is 11.4. The largest absolute Gasteiger partial charge is 0.347 e. The van der Waals surface area contributed by atoms with Crippen molar-refractivity contribution >= 4 is 0 Å². The lowest BCUT2D eigenvalue weighted by Crippen LogP contribution is -2.51. The monoisotopic (exact) mass is 384 g/mol. The van der Waals surface area contributed by atoms with Crippen molar-refractivity contribution in [3.8, 4) is 0 Å². The Hall–Kier alpha value is -0.600. The summed E-state index contributed by atoms with van der Waals surface area (Å²) in [7, 11) is 0. The van der Waals surface area contributed by atoms with Crippen LogP contribution >= 0.6 is 0 Å². The molecule has 1 aliphatic heterocycles. The average molecular weight is 385 g/mol. The van der Waals surface area contributed by atoms with Crippen LogP contribution in [0.15, 0.2) is 24.3 Å². The lowest BCUT2D eigenvalue weighted by atomic mass is 9.46. The number of fused-ring (bicyclic) bond motifs is 5. The fourth-order valence-corrected chi connectivity index (χ4v) is 8.80. The first-order valence-electron chi connectivity index (χ1n) is 11.9. The summed E-state index contributed by atoms with van der Waals surface area (Å²) in [5.41, 5.74) is 2.56. The molecule has 0 aromatic carbocycles.